The fourth-order valence-electron chi connectivity index (χ4n) is 2.07. The number of hydrogen-bond donors (Lipinski definition) is 0. The molecule has 0 spiro atoms. The zero-order chi connectivity index (χ0) is 15.1. The second-order valence-electron chi connectivity index (χ2n) is 4.76. The Hall–Kier alpha value is -1.89. The molecule has 0 N–H and O–H groups in total. The smallest absolute Gasteiger partial charge is 0.308 e. The van der Waals surface area contributed by atoms with Gasteiger partial charge < -0.3 is 19.1 Å². The highest BCUT2D eigenvalue weighted by molar-refractivity contribution is 5.69. The molecule has 1 fully saturated rings. The van der Waals surface area contributed by atoms with Crippen LogP contribution in [-0.2, 0) is 14.3 Å². The molecule has 21 heavy (non-hydrogen) atoms. The van der Waals surface area contributed by atoms with E-state index in [2.05, 4.69) is 14.7 Å². The Labute approximate surface area is 124 Å². The van der Waals surface area contributed by atoms with Crippen molar-refractivity contribution in [3.05, 3.63) is 12.3 Å². The van der Waals surface area contributed by atoms with Gasteiger partial charge in [0.25, 0.3) is 0 Å². The van der Waals surface area contributed by atoms with Crippen LogP contribution in [0.1, 0.15) is 19.8 Å². The summed E-state index contributed by atoms with van der Waals surface area (Å²) in [6.45, 7) is 4.46. The number of rotatable bonds is 6. The van der Waals surface area contributed by atoms with Crippen LogP contribution in [0.2, 0.25) is 0 Å². The van der Waals surface area contributed by atoms with Crippen LogP contribution >= 0.6 is 0 Å². The first kappa shape index (κ1) is 15.5. The third-order valence-corrected chi connectivity index (χ3v) is 3.12. The van der Waals surface area contributed by atoms with Crippen LogP contribution in [0.25, 0.3) is 0 Å². The number of methoxy groups -OCH3 is 1. The van der Waals surface area contributed by atoms with Gasteiger partial charge in [0, 0.05) is 25.4 Å². The van der Waals surface area contributed by atoms with Crippen LogP contribution in [0.5, 0.6) is 5.88 Å². The van der Waals surface area contributed by atoms with Crippen LogP contribution in [0.15, 0.2) is 12.3 Å². The molecule has 0 aliphatic carbocycles. The number of carbonyl (C=O) groups is 1. The molecule has 116 valence electrons. The lowest BCUT2D eigenvalue weighted by Gasteiger charge is -2.32. The molecule has 1 aliphatic rings. The lowest BCUT2D eigenvalue weighted by Crippen LogP contribution is -2.44. The van der Waals surface area contributed by atoms with E-state index in [1.807, 2.05) is 11.8 Å². The quantitative estimate of drug-likeness (QED) is 0.726. The van der Waals surface area contributed by atoms with Crippen LogP contribution in [0.4, 0.5) is 5.95 Å². The number of nitrogens with zero attached hydrogens (tertiary/aromatic N) is 3. The summed E-state index contributed by atoms with van der Waals surface area (Å²) in [5, 5.41) is 0. The first-order chi connectivity index (χ1) is 10.2. The van der Waals surface area contributed by atoms with Gasteiger partial charge in [0.2, 0.25) is 11.8 Å². The molecule has 1 atom stereocenters. The monoisotopic (exact) mass is 295 g/mol. The fourth-order valence-corrected chi connectivity index (χ4v) is 2.07. The van der Waals surface area contributed by atoms with Gasteiger partial charge in [-0.1, -0.05) is 6.92 Å². The summed E-state index contributed by atoms with van der Waals surface area (Å²) < 4.78 is 15.7. The average Bonchev–Trinajstić information content (AvgIpc) is 2.53. The second-order valence-corrected chi connectivity index (χ2v) is 4.76. The molecular weight excluding hydrogens is 274 g/mol. The summed E-state index contributed by atoms with van der Waals surface area (Å²) in [5.74, 6) is 0.891. The molecule has 7 nitrogen and oxygen atoms in total. The molecule has 0 saturated carbocycles. The van der Waals surface area contributed by atoms with Crippen LogP contribution < -0.4 is 9.64 Å². The van der Waals surface area contributed by atoms with Crippen molar-refractivity contribution in [1.82, 2.24) is 9.97 Å². The molecule has 0 radical (unpaired) electrons. The molecule has 2 heterocycles. The van der Waals surface area contributed by atoms with Crippen molar-refractivity contribution in [3.8, 4) is 5.88 Å². The molecule has 1 aliphatic heterocycles. The van der Waals surface area contributed by atoms with Crippen molar-refractivity contribution in [2.45, 2.75) is 25.9 Å². The van der Waals surface area contributed by atoms with Gasteiger partial charge in [0.1, 0.15) is 0 Å². The Morgan fingerprint density at radius 3 is 3.19 bits per heavy atom. The molecule has 0 amide bonds. The maximum atomic E-state index is 11.3. The van der Waals surface area contributed by atoms with Gasteiger partial charge in [-0.05, 0) is 6.42 Å². The van der Waals surface area contributed by atoms with E-state index in [1.165, 1.54) is 7.11 Å². The van der Waals surface area contributed by atoms with Crippen molar-refractivity contribution in [2.24, 2.45) is 0 Å². The van der Waals surface area contributed by atoms with Crippen molar-refractivity contribution < 1.29 is 19.0 Å². The number of morpholine rings is 1. The summed E-state index contributed by atoms with van der Waals surface area (Å²) in [6, 6.07) is 1.74. The number of esters is 1. The van der Waals surface area contributed by atoms with Gasteiger partial charge in [-0.25, -0.2) is 4.98 Å². The van der Waals surface area contributed by atoms with Gasteiger partial charge >= 0.3 is 5.97 Å². The summed E-state index contributed by atoms with van der Waals surface area (Å²) in [7, 11) is 1.38. The molecule has 0 aromatic carbocycles. The molecule has 1 aromatic heterocycles. The zero-order valence-corrected chi connectivity index (χ0v) is 12.4. The molecule has 0 bridgehead atoms. The number of anilines is 1. The molecule has 2 rings (SSSR count). The highest BCUT2D eigenvalue weighted by Gasteiger charge is 2.25. The normalized spacial score (nSPS) is 18.4. The molecule has 1 saturated heterocycles. The summed E-state index contributed by atoms with van der Waals surface area (Å²) in [4.78, 5) is 22.0. The number of hydrogen-bond acceptors (Lipinski definition) is 7. The van der Waals surface area contributed by atoms with E-state index >= 15 is 0 Å². The molecule has 1 aromatic rings. The Kier molecular flexibility index (Phi) is 5.74. The Balaban J connectivity index is 1.98. The molecular formula is C14H21N3O4. The van der Waals surface area contributed by atoms with Crippen LogP contribution in [-0.4, -0.2) is 55.5 Å². The minimum Gasteiger partial charge on any atom is -0.478 e. The fraction of sp³-hybridized carbons (Fsp3) is 0.643. The predicted octanol–water partition coefficient (Wildman–Crippen LogP) is 1.03. The van der Waals surface area contributed by atoms with Crippen molar-refractivity contribution >= 4 is 11.9 Å². The van der Waals surface area contributed by atoms with E-state index in [4.69, 9.17) is 9.47 Å². The minimum absolute atomic E-state index is 0.199. The summed E-state index contributed by atoms with van der Waals surface area (Å²) in [5.41, 5.74) is 0. The first-order valence-corrected chi connectivity index (χ1v) is 7.12. The largest absolute Gasteiger partial charge is 0.478 e. The van der Waals surface area contributed by atoms with Gasteiger partial charge in [-0.15, -0.1) is 0 Å². The van der Waals surface area contributed by atoms with E-state index in [0.717, 1.165) is 6.42 Å². The van der Waals surface area contributed by atoms with Gasteiger partial charge in [-0.2, -0.15) is 4.98 Å². The summed E-state index contributed by atoms with van der Waals surface area (Å²) in [6.07, 6.45) is 2.64. The first-order valence-electron chi connectivity index (χ1n) is 7.12. The van der Waals surface area contributed by atoms with Crippen LogP contribution in [0.3, 0.4) is 0 Å². The molecule has 1 unspecified atom stereocenters. The SMILES string of the molecule is CCCOc1ccnc(N2CCOC(CC(=O)OC)C2)n1. The van der Waals surface area contributed by atoms with Gasteiger partial charge in [-0.3, -0.25) is 4.79 Å². The Morgan fingerprint density at radius 1 is 1.57 bits per heavy atom. The highest BCUT2D eigenvalue weighted by atomic mass is 16.5. The lowest BCUT2D eigenvalue weighted by atomic mass is 10.2. The van der Waals surface area contributed by atoms with Crippen molar-refractivity contribution in [2.75, 3.05) is 38.3 Å². The Morgan fingerprint density at radius 2 is 2.43 bits per heavy atom. The standard InChI is InChI=1S/C14H21N3O4/c1-3-7-21-12-4-5-15-14(16-12)17-6-8-20-11(10-17)9-13(18)19-2/h4-5,11H,3,6-10H2,1-2H3. The lowest BCUT2D eigenvalue weighted by molar-refractivity contribution is -0.144. The highest BCUT2D eigenvalue weighted by Crippen LogP contribution is 2.17. The minimum atomic E-state index is -0.275. The predicted molar refractivity (Wildman–Crippen MR) is 76.4 cm³/mol. The topological polar surface area (TPSA) is 73.8 Å². The molecule has 7 heteroatoms. The Bertz CT molecular complexity index is 469. The van der Waals surface area contributed by atoms with Gasteiger partial charge in [0.15, 0.2) is 0 Å². The van der Waals surface area contributed by atoms with Crippen molar-refractivity contribution in [1.29, 1.82) is 0 Å². The summed E-state index contributed by atoms with van der Waals surface area (Å²) >= 11 is 0. The number of carbonyl (C=O) groups excluding carboxylic acids is 1. The van der Waals surface area contributed by atoms with Crippen LogP contribution in [0, 0.1) is 0 Å². The van der Waals surface area contributed by atoms with E-state index < -0.39 is 0 Å². The van der Waals surface area contributed by atoms with Crippen molar-refractivity contribution in [3.63, 3.8) is 0 Å². The maximum Gasteiger partial charge on any atom is 0.308 e. The third kappa shape index (κ3) is 4.56. The number of ether oxygens (including phenoxy) is 3. The van der Waals surface area contributed by atoms with E-state index in [0.29, 0.717) is 38.1 Å². The van der Waals surface area contributed by atoms with E-state index in [9.17, 15) is 4.79 Å². The van der Waals surface area contributed by atoms with Gasteiger partial charge in [0.05, 0.1) is 32.8 Å². The third-order valence-electron chi connectivity index (χ3n) is 3.12. The average molecular weight is 295 g/mol. The van der Waals surface area contributed by atoms with E-state index in [1.54, 1.807) is 12.3 Å². The number of aromatic nitrogens is 2. The zero-order valence-electron chi connectivity index (χ0n) is 12.4. The van der Waals surface area contributed by atoms with E-state index in [-0.39, 0.29) is 18.5 Å². The maximum absolute atomic E-state index is 11.3. The second kappa shape index (κ2) is 7.78.